The molecule has 0 bridgehead atoms. The molecule has 3 aliphatic rings. The van der Waals surface area contributed by atoms with E-state index in [1.54, 1.807) is 0 Å². The predicted molar refractivity (Wildman–Crippen MR) is 150 cm³/mol. The summed E-state index contributed by atoms with van der Waals surface area (Å²) in [4.78, 5) is 14.5. The Morgan fingerprint density at radius 1 is 1.00 bits per heavy atom. The molecule has 6 nitrogen and oxygen atoms in total. The number of hydrogen-bond acceptors (Lipinski definition) is 5. The smallest absolute Gasteiger partial charge is 0.232 e. The van der Waals surface area contributed by atoms with E-state index in [0.29, 0.717) is 17.0 Å². The van der Waals surface area contributed by atoms with E-state index in [9.17, 15) is 0 Å². The summed E-state index contributed by atoms with van der Waals surface area (Å²) in [6.07, 6.45) is 9.72. The number of halogens is 1. The van der Waals surface area contributed by atoms with Crippen molar-refractivity contribution in [2.45, 2.75) is 63.7 Å². The van der Waals surface area contributed by atoms with E-state index in [-0.39, 0.29) is 5.41 Å². The Balaban J connectivity index is 1.31. The number of nitrogens with zero attached hydrogens (tertiary/aromatic N) is 4. The highest BCUT2D eigenvalue weighted by Crippen LogP contribution is 2.41. The summed E-state index contributed by atoms with van der Waals surface area (Å²) >= 11 is 11.9. The maximum absolute atomic E-state index is 6.15. The van der Waals surface area contributed by atoms with Crippen LogP contribution in [0.5, 0.6) is 0 Å². The zero-order valence-corrected chi connectivity index (χ0v) is 22.3. The van der Waals surface area contributed by atoms with Crippen LogP contribution >= 0.6 is 23.8 Å². The summed E-state index contributed by atoms with van der Waals surface area (Å²) in [6.45, 7) is 7.32. The second kappa shape index (κ2) is 10.9. The summed E-state index contributed by atoms with van der Waals surface area (Å²) in [7, 11) is 0. The molecule has 2 aromatic rings. The molecule has 0 spiro atoms. The third kappa shape index (κ3) is 5.83. The summed E-state index contributed by atoms with van der Waals surface area (Å²) in [6, 6.07) is 10.5. The number of thiocarbonyl (C=S) groups is 1. The van der Waals surface area contributed by atoms with Crippen molar-refractivity contribution in [1.82, 2.24) is 15.3 Å². The van der Waals surface area contributed by atoms with Crippen LogP contribution in [0.15, 0.2) is 30.3 Å². The van der Waals surface area contributed by atoms with Crippen LogP contribution in [-0.2, 0) is 5.41 Å². The highest BCUT2D eigenvalue weighted by Gasteiger charge is 2.35. The fourth-order valence-corrected chi connectivity index (χ4v) is 6.25. The van der Waals surface area contributed by atoms with Gasteiger partial charge in [-0.2, -0.15) is 9.97 Å². The molecule has 2 saturated heterocycles. The van der Waals surface area contributed by atoms with Crippen LogP contribution in [-0.4, -0.2) is 47.8 Å². The number of nitrogens with one attached hydrogen (secondary N) is 2. The number of piperidine rings is 1. The molecule has 1 aromatic heterocycles. The second-order valence-corrected chi connectivity index (χ2v) is 11.4. The molecule has 5 rings (SSSR count). The summed E-state index contributed by atoms with van der Waals surface area (Å²) in [5.41, 5.74) is 1.42. The highest BCUT2D eigenvalue weighted by molar-refractivity contribution is 7.80. The summed E-state index contributed by atoms with van der Waals surface area (Å²) in [5, 5.41) is 8.19. The molecule has 0 radical (unpaired) electrons. The molecular weight excluding hydrogens is 476 g/mol. The Morgan fingerprint density at radius 2 is 1.66 bits per heavy atom. The van der Waals surface area contributed by atoms with E-state index in [1.165, 1.54) is 44.1 Å². The van der Waals surface area contributed by atoms with Crippen molar-refractivity contribution in [3.63, 3.8) is 0 Å². The van der Waals surface area contributed by atoms with Gasteiger partial charge in [-0.1, -0.05) is 43.5 Å². The van der Waals surface area contributed by atoms with E-state index >= 15 is 0 Å². The summed E-state index contributed by atoms with van der Waals surface area (Å²) in [5.74, 6) is 3.28. The SMILES string of the molecule is C[C@@H]1CCCN(c2cc(N3CCCC3)nc(NC(=S)NCC3(c4ccc(Cl)cc4)CCCC3)n2)C1. The third-order valence-corrected chi connectivity index (χ3v) is 8.44. The average Bonchev–Trinajstić information content (AvgIpc) is 3.56. The van der Waals surface area contributed by atoms with Crippen LogP contribution in [0.25, 0.3) is 0 Å². The average molecular weight is 513 g/mol. The van der Waals surface area contributed by atoms with Crippen molar-refractivity contribution in [2.24, 2.45) is 5.92 Å². The lowest BCUT2D eigenvalue weighted by molar-refractivity contribution is 0.435. The van der Waals surface area contributed by atoms with Crippen molar-refractivity contribution >= 4 is 46.5 Å². The third-order valence-electron chi connectivity index (χ3n) is 7.94. The molecule has 0 amide bonds. The lowest BCUT2D eigenvalue weighted by Gasteiger charge is -2.33. The number of aromatic nitrogens is 2. The molecule has 1 aromatic carbocycles. The van der Waals surface area contributed by atoms with Crippen molar-refractivity contribution in [1.29, 1.82) is 0 Å². The monoisotopic (exact) mass is 512 g/mol. The first-order valence-corrected chi connectivity index (χ1v) is 14.0. The predicted octanol–water partition coefficient (Wildman–Crippen LogP) is 5.76. The largest absolute Gasteiger partial charge is 0.361 e. The molecule has 3 heterocycles. The fraction of sp³-hybridized carbons (Fsp3) is 0.593. The standard InChI is InChI=1S/C27H37ClN6S/c1-20-7-6-16-34(18-20)24-17-23(33-14-4-5-15-33)30-25(31-24)32-26(35)29-19-27(12-2-3-13-27)21-8-10-22(28)11-9-21/h8-11,17,20H,2-7,12-16,18-19H2,1H3,(H2,29,30,31,32,35)/t20-/m1/s1. The lowest BCUT2D eigenvalue weighted by Crippen LogP contribution is -2.41. The molecule has 35 heavy (non-hydrogen) atoms. The first-order valence-electron chi connectivity index (χ1n) is 13.2. The molecule has 3 fully saturated rings. The zero-order valence-electron chi connectivity index (χ0n) is 20.7. The van der Waals surface area contributed by atoms with E-state index < -0.39 is 0 Å². The topological polar surface area (TPSA) is 56.3 Å². The van der Waals surface area contributed by atoms with Gasteiger partial charge in [-0.05, 0) is 74.4 Å². The molecule has 0 unspecified atom stereocenters. The molecule has 2 N–H and O–H groups in total. The van der Waals surface area contributed by atoms with Gasteiger partial charge in [-0.15, -0.1) is 0 Å². The van der Waals surface area contributed by atoms with Gasteiger partial charge in [0.15, 0.2) is 5.11 Å². The van der Waals surface area contributed by atoms with E-state index in [2.05, 4.69) is 45.6 Å². The van der Waals surface area contributed by atoms with E-state index in [4.69, 9.17) is 33.8 Å². The number of rotatable bonds is 6. The Hall–Kier alpha value is -2.12. The van der Waals surface area contributed by atoms with Crippen LogP contribution in [0, 0.1) is 5.92 Å². The molecule has 1 saturated carbocycles. The molecule has 2 aliphatic heterocycles. The van der Waals surface area contributed by atoms with Gasteiger partial charge in [-0.25, -0.2) is 0 Å². The molecule has 1 atom stereocenters. The Morgan fingerprint density at radius 3 is 2.34 bits per heavy atom. The molecule has 8 heteroatoms. The van der Waals surface area contributed by atoms with Gasteiger partial charge >= 0.3 is 0 Å². The quantitative estimate of drug-likeness (QED) is 0.477. The van der Waals surface area contributed by atoms with E-state index in [1.807, 2.05) is 12.1 Å². The van der Waals surface area contributed by atoms with Crippen molar-refractivity contribution < 1.29 is 0 Å². The van der Waals surface area contributed by atoms with Crippen molar-refractivity contribution in [3.05, 3.63) is 40.9 Å². The molecular formula is C27H37ClN6S. The zero-order chi connectivity index (χ0) is 24.3. The van der Waals surface area contributed by atoms with Crippen molar-refractivity contribution in [2.75, 3.05) is 47.8 Å². The van der Waals surface area contributed by atoms with Gasteiger partial charge in [0.2, 0.25) is 5.95 Å². The van der Waals surface area contributed by atoms with Gasteiger partial charge in [0, 0.05) is 49.2 Å². The van der Waals surface area contributed by atoms with Crippen LogP contribution in [0.2, 0.25) is 5.02 Å². The Bertz CT molecular complexity index is 1020. The summed E-state index contributed by atoms with van der Waals surface area (Å²) < 4.78 is 0. The number of hydrogen-bond donors (Lipinski definition) is 2. The van der Waals surface area contributed by atoms with Gasteiger partial charge in [0.05, 0.1) is 0 Å². The first-order chi connectivity index (χ1) is 17.0. The van der Waals surface area contributed by atoms with Crippen LogP contribution in [0.4, 0.5) is 17.6 Å². The molecule has 1 aliphatic carbocycles. The normalized spacial score (nSPS) is 21.8. The maximum Gasteiger partial charge on any atom is 0.232 e. The van der Waals surface area contributed by atoms with Crippen LogP contribution in [0.1, 0.15) is 63.9 Å². The minimum atomic E-state index is 0.0870. The van der Waals surface area contributed by atoms with E-state index in [0.717, 1.165) is 62.2 Å². The minimum absolute atomic E-state index is 0.0870. The van der Waals surface area contributed by atoms with Gasteiger partial charge in [-0.3, -0.25) is 0 Å². The van der Waals surface area contributed by atoms with Gasteiger partial charge in [0.1, 0.15) is 11.6 Å². The Labute approximate surface area is 219 Å². The maximum atomic E-state index is 6.15. The lowest BCUT2D eigenvalue weighted by atomic mass is 9.79. The minimum Gasteiger partial charge on any atom is -0.361 e. The van der Waals surface area contributed by atoms with Crippen molar-refractivity contribution in [3.8, 4) is 0 Å². The van der Waals surface area contributed by atoms with Gasteiger partial charge < -0.3 is 20.4 Å². The Kier molecular flexibility index (Phi) is 7.63. The fourth-order valence-electron chi connectivity index (χ4n) is 5.96. The van der Waals surface area contributed by atoms with Gasteiger partial charge in [0.25, 0.3) is 0 Å². The number of benzene rings is 1. The highest BCUT2D eigenvalue weighted by atomic mass is 35.5. The molecule has 188 valence electrons. The van der Waals surface area contributed by atoms with Crippen LogP contribution < -0.4 is 20.4 Å². The van der Waals surface area contributed by atoms with Crippen LogP contribution in [0.3, 0.4) is 0 Å². The number of anilines is 3. The first kappa shape index (κ1) is 24.6. The second-order valence-electron chi connectivity index (χ2n) is 10.6.